The Kier molecular flexibility index (Phi) is 9.53. The molecule has 1 aromatic rings. The number of nitrogens with one attached hydrogen (secondary N) is 1. The van der Waals surface area contributed by atoms with Crippen LogP contribution in [0.5, 0.6) is 0 Å². The van der Waals surface area contributed by atoms with E-state index in [4.69, 9.17) is 9.47 Å². The molecule has 0 radical (unpaired) electrons. The molecular weight excluding hydrogens is 424 g/mol. The van der Waals surface area contributed by atoms with Gasteiger partial charge in [-0.15, -0.1) is 24.0 Å². The van der Waals surface area contributed by atoms with Crippen LogP contribution in [0.1, 0.15) is 18.1 Å². The molecule has 2 unspecified atom stereocenters. The lowest BCUT2D eigenvalue weighted by Crippen LogP contribution is -2.43. The van der Waals surface area contributed by atoms with E-state index in [0.717, 1.165) is 37.7 Å². The maximum absolute atomic E-state index is 13.0. The Bertz CT molecular complexity index is 507. The number of benzene rings is 1. The van der Waals surface area contributed by atoms with E-state index in [1.54, 1.807) is 26.3 Å². The van der Waals surface area contributed by atoms with E-state index in [1.165, 1.54) is 12.1 Å². The molecule has 1 aromatic carbocycles. The van der Waals surface area contributed by atoms with Crippen molar-refractivity contribution < 1.29 is 13.9 Å². The number of hydrogen-bond donors (Lipinski definition) is 1. The first-order chi connectivity index (χ1) is 11.1. The molecule has 136 valence electrons. The molecule has 1 heterocycles. The summed E-state index contributed by atoms with van der Waals surface area (Å²) >= 11 is 0. The standard InChI is InChI=1S/C17H26FN3O2.HI/c1-19-17(21(2)11-13-8-9-23-12-13)20-10-16(22-3)14-4-6-15(18)7-5-14;/h4-7,13,16H,8-12H2,1-3H3,(H,19,20);1H. The van der Waals surface area contributed by atoms with Crippen LogP contribution in [-0.2, 0) is 9.47 Å². The monoisotopic (exact) mass is 451 g/mol. The fourth-order valence-corrected chi connectivity index (χ4v) is 2.78. The molecule has 7 heteroatoms. The number of ether oxygens (including phenoxy) is 2. The summed E-state index contributed by atoms with van der Waals surface area (Å²) in [6.45, 7) is 3.15. The van der Waals surface area contributed by atoms with Crippen LogP contribution in [-0.4, -0.2) is 58.4 Å². The summed E-state index contributed by atoms with van der Waals surface area (Å²) in [6.07, 6.45) is 0.938. The van der Waals surface area contributed by atoms with Crippen LogP contribution in [0.25, 0.3) is 0 Å². The van der Waals surface area contributed by atoms with Crippen LogP contribution in [0, 0.1) is 11.7 Å². The second-order valence-corrected chi connectivity index (χ2v) is 5.81. The van der Waals surface area contributed by atoms with Crippen molar-refractivity contribution in [1.82, 2.24) is 10.2 Å². The highest BCUT2D eigenvalue weighted by Crippen LogP contribution is 2.17. The van der Waals surface area contributed by atoms with Gasteiger partial charge in [-0.05, 0) is 24.1 Å². The molecule has 2 atom stereocenters. The normalized spacial score (nSPS) is 18.8. The number of methoxy groups -OCH3 is 1. The minimum Gasteiger partial charge on any atom is -0.381 e. The van der Waals surface area contributed by atoms with Gasteiger partial charge >= 0.3 is 0 Å². The second kappa shape index (κ2) is 10.8. The molecule has 1 aliphatic rings. The van der Waals surface area contributed by atoms with Crippen molar-refractivity contribution in [3.8, 4) is 0 Å². The maximum atomic E-state index is 13.0. The quantitative estimate of drug-likeness (QED) is 0.411. The van der Waals surface area contributed by atoms with Crippen molar-refractivity contribution in [2.24, 2.45) is 10.9 Å². The van der Waals surface area contributed by atoms with Gasteiger partial charge in [0.2, 0.25) is 0 Å². The van der Waals surface area contributed by atoms with Gasteiger partial charge in [-0.2, -0.15) is 0 Å². The Morgan fingerprint density at radius 3 is 2.71 bits per heavy atom. The molecule has 0 aliphatic carbocycles. The third kappa shape index (κ3) is 6.18. The van der Waals surface area contributed by atoms with E-state index in [-0.39, 0.29) is 35.9 Å². The average molecular weight is 451 g/mol. The molecular formula is C17H27FIN3O2. The summed E-state index contributed by atoms with van der Waals surface area (Å²) in [5.74, 6) is 1.13. The maximum Gasteiger partial charge on any atom is 0.193 e. The molecule has 0 amide bonds. The summed E-state index contributed by atoms with van der Waals surface area (Å²) < 4.78 is 24.0. The van der Waals surface area contributed by atoms with Crippen molar-refractivity contribution >= 4 is 29.9 Å². The third-order valence-corrected chi connectivity index (χ3v) is 4.10. The zero-order valence-corrected chi connectivity index (χ0v) is 16.8. The van der Waals surface area contributed by atoms with E-state index in [0.29, 0.717) is 12.5 Å². The van der Waals surface area contributed by atoms with E-state index in [9.17, 15) is 4.39 Å². The van der Waals surface area contributed by atoms with Gasteiger partial charge in [0.25, 0.3) is 0 Å². The highest BCUT2D eigenvalue weighted by Gasteiger charge is 2.19. The first-order valence-electron chi connectivity index (χ1n) is 7.91. The van der Waals surface area contributed by atoms with Crippen molar-refractivity contribution in [1.29, 1.82) is 0 Å². The molecule has 1 saturated heterocycles. The molecule has 5 nitrogen and oxygen atoms in total. The number of hydrogen-bond acceptors (Lipinski definition) is 3. The fraction of sp³-hybridized carbons (Fsp3) is 0.588. The highest BCUT2D eigenvalue weighted by atomic mass is 127. The topological polar surface area (TPSA) is 46.1 Å². The minimum absolute atomic E-state index is 0. The van der Waals surface area contributed by atoms with E-state index in [1.807, 2.05) is 7.05 Å². The number of nitrogens with zero attached hydrogens (tertiary/aromatic N) is 2. The van der Waals surface area contributed by atoms with Gasteiger partial charge in [0.05, 0.1) is 12.7 Å². The summed E-state index contributed by atoms with van der Waals surface area (Å²) in [7, 11) is 5.44. The van der Waals surface area contributed by atoms with E-state index >= 15 is 0 Å². The Morgan fingerprint density at radius 1 is 1.46 bits per heavy atom. The molecule has 24 heavy (non-hydrogen) atoms. The number of guanidine groups is 1. The van der Waals surface area contributed by atoms with Gasteiger partial charge < -0.3 is 19.7 Å². The van der Waals surface area contributed by atoms with Crippen LogP contribution in [0.3, 0.4) is 0 Å². The Morgan fingerprint density at radius 2 is 2.17 bits per heavy atom. The van der Waals surface area contributed by atoms with Crippen LogP contribution < -0.4 is 5.32 Å². The number of aliphatic imine (C=N–C) groups is 1. The van der Waals surface area contributed by atoms with Gasteiger partial charge in [0, 0.05) is 46.8 Å². The van der Waals surface area contributed by atoms with Gasteiger partial charge in [-0.1, -0.05) is 12.1 Å². The fourth-order valence-electron chi connectivity index (χ4n) is 2.78. The van der Waals surface area contributed by atoms with E-state index in [2.05, 4.69) is 15.2 Å². The molecule has 2 rings (SSSR count). The van der Waals surface area contributed by atoms with Crippen LogP contribution in [0.4, 0.5) is 4.39 Å². The lowest BCUT2D eigenvalue weighted by atomic mass is 10.1. The molecule has 1 aliphatic heterocycles. The van der Waals surface area contributed by atoms with Crippen LogP contribution in [0.2, 0.25) is 0 Å². The summed E-state index contributed by atoms with van der Waals surface area (Å²) in [5, 5.41) is 3.32. The molecule has 0 bridgehead atoms. The number of halogens is 2. The lowest BCUT2D eigenvalue weighted by Gasteiger charge is -2.26. The van der Waals surface area contributed by atoms with Crippen molar-refractivity contribution in [3.63, 3.8) is 0 Å². The predicted molar refractivity (Wildman–Crippen MR) is 104 cm³/mol. The summed E-state index contributed by atoms with van der Waals surface area (Å²) in [6, 6.07) is 6.38. The summed E-state index contributed by atoms with van der Waals surface area (Å²) in [5.41, 5.74) is 0.934. The Labute approximate surface area is 160 Å². The van der Waals surface area contributed by atoms with Gasteiger partial charge in [0.15, 0.2) is 5.96 Å². The molecule has 1 N–H and O–H groups in total. The second-order valence-electron chi connectivity index (χ2n) is 5.81. The zero-order valence-electron chi connectivity index (χ0n) is 14.5. The number of rotatable bonds is 6. The smallest absolute Gasteiger partial charge is 0.193 e. The lowest BCUT2D eigenvalue weighted by molar-refractivity contribution is 0.105. The molecule has 0 saturated carbocycles. The third-order valence-electron chi connectivity index (χ3n) is 4.10. The Hall–Kier alpha value is -0.930. The average Bonchev–Trinajstić information content (AvgIpc) is 3.06. The van der Waals surface area contributed by atoms with Gasteiger partial charge in [0.1, 0.15) is 5.82 Å². The van der Waals surface area contributed by atoms with Crippen molar-refractivity contribution in [2.75, 3.05) is 47.5 Å². The van der Waals surface area contributed by atoms with Gasteiger partial charge in [-0.25, -0.2) is 4.39 Å². The zero-order chi connectivity index (χ0) is 16.7. The molecule has 0 spiro atoms. The SMILES string of the molecule is CN=C(NCC(OC)c1ccc(F)cc1)N(C)CC1CCOC1.I. The molecule has 0 aromatic heterocycles. The first-order valence-corrected chi connectivity index (χ1v) is 7.91. The molecule has 1 fully saturated rings. The predicted octanol–water partition coefficient (Wildman–Crippen LogP) is 2.67. The van der Waals surface area contributed by atoms with Crippen LogP contribution >= 0.6 is 24.0 Å². The Balaban J connectivity index is 0.00000288. The van der Waals surface area contributed by atoms with Crippen molar-refractivity contribution in [3.05, 3.63) is 35.6 Å². The van der Waals surface area contributed by atoms with Crippen LogP contribution in [0.15, 0.2) is 29.3 Å². The van der Waals surface area contributed by atoms with E-state index < -0.39 is 0 Å². The largest absolute Gasteiger partial charge is 0.381 e. The van der Waals surface area contributed by atoms with Gasteiger partial charge in [-0.3, -0.25) is 4.99 Å². The first kappa shape index (κ1) is 21.1. The van der Waals surface area contributed by atoms with Crippen molar-refractivity contribution in [2.45, 2.75) is 12.5 Å². The minimum atomic E-state index is -0.245. The summed E-state index contributed by atoms with van der Waals surface area (Å²) in [4.78, 5) is 6.43. The highest BCUT2D eigenvalue weighted by molar-refractivity contribution is 14.0.